The molecule has 5 nitrogen and oxygen atoms in total. The third kappa shape index (κ3) is 12.8. The molecule has 3 atom stereocenters. The number of Topliss-reactive ketones (excluding diaryl/α,β-unsaturated/α-hetero) is 2. The molecule has 30 heavy (non-hydrogen) atoms. The molecule has 5 heteroatoms. The number of nitrogens with one attached hydrogen (secondary N) is 1. The first-order valence-corrected chi connectivity index (χ1v) is 12.0. The highest BCUT2D eigenvalue weighted by atomic mass is 16.5. The summed E-state index contributed by atoms with van der Waals surface area (Å²) in [6.45, 7) is 23.4. The Labute approximate surface area is 186 Å². The van der Waals surface area contributed by atoms with Crippen LogP contribution in [0.15, 0.2) is 0 Å². The van der Waals surface area contributed by atoms with Crippen LogP contribution >= 0.6 is 0 Å². The lowest BCUT2D eigenvalue weighted by Crippen LogP contribution is -2.46. The van der Waals surface area contributed by atoms with Crippen molar-refractivity contribution in [2.75, 3.05) is 26.3 Å². The van der Waals surface area contributed by atoms with Crippen molar-refractivity contribution in [2.45, 2.75) is 100 Å². The zero-order chi connectivity index (χ0) is 23.4. The van der Waals surface area contributed by atoms with E-state index in [0.29, 0.717) is 37.6 Å². The van der Waals surface area contributed by atoms with Crippen LogP contribution in [0.4, 0.5) is 0 Å². The molecule has 178 valence electrons. The zero-order valence-electron chi connectivity index (χ0n) is 21.5. The van der Waals surface area contributed by atoms with Gasteiger partial charge in [0.1, 0.15) is 5.78 Å². The van der Waals surface area contributed by atoms with E-state index in [1.54, 1.807) is 0 Å². The summed E-state index contributed by atoms with van der Waals surface area (Å²) in [7, 11) is 0. The van der Waals surface area contributed by atoms with Crippen LogP contribution in [-0.4, -0.2) is 60.9 Å². The van der Waals surface area contributed by atoms with Gasteiger partial charge in [0.15, 0.2) is 5.78 Å². The fraction of sp³-hybridized carbons (Fsp3) is 0.920. The molecule has 1 N–H and O–H groups in total. The highest BCUT2D eigenvalue weighted by Crippen LogP contribution is 2.17. The summed E-state index contributed by atoms with van der Waals surface area (Å²) in [5.41, 5.74) is 0. The van der Waals surface area contributed by atoms with E-state index in [1.165, 1.54) is 0 Å². The van der Waals surface area contributed by atoms with Crippen LogP contribution < -0.4 is 5.32 Å². The van der Waals surface area contributed by atoms with Gasteiger partial charge in [-0.1, -0.05) is 55.4 Å². The van der Waals surface area contributed by atoms with Gasteiger partial charge in [0.25, 0.3) is 0 Å². The lowest BCUT2D eigenvalue weighted by molar-refractivity contribution is -0.128. The Balaban J connectivity index is 4.71. The number of ketones is 2. The summed E-state index contributed by atoms with van der Waals surface area (Å²) in [6.07, 6.45) is 1.48. The molecular weight excluding hydrogens is 376 g/mol. The first kappa shape index (κ1) is 29.2. The second-order valence-corrected chi connectivity index (χ2v) is 10.5. The minimum atomic E-state index is -0.285. The van der Waals surface area contributed by atoms with E-state index in [1.807, 2.05) is 27.7 Å². The third-order valence-electron chi connectivity index (χ3n) is 5.37. The molecule has 0 aliphatic heterocycles. The SMILES string of the molecule is CC(C)COC[C@H](NC(C)C)C(=O)C(C)CCC(C)C(=O)CN(CC(C)C)C(C)C. The third-order valence-corrected chi connectivity index (χ3v) is 5.37. The van der Waals surface area contributed by atoms with E-state index >= 15 is 0 Å². The van der Waals surface area contributed by atoms with Crippen molar-refractivity contribution >= 4 is 11.6 Å². The molecule has 0 fully saturated rings. The van der Waals surface area contributed by atoms with Crippen LogP contribution in [0.2, 0.25) is 0 Å². The van der Waals surface area contributed by atoms with Gasteiger partial charge in [-0.25, -0.2) is 0 Å². The topological polar surface area (TPSA) is 58.6 Å². The van der Waals surface area contributed by atoms with Gasteiger partial charge in [0.05, 0.1) is 19.2 Å². The van der Waals surface area contributed by atoms with Crippen molar-refractivity contribution in [3.05, 3.63) is 0 Å². The molecule has 0 aliphatic carbocycles. The molecular formula is C25H50N2O3. The molecule has 0 spiro atoms. The summed E-state index contributed by atoms with van der Waals surface area (Å²) >= 11 is 0. The van der Waals surface area contributed by atoms with Crippen molar-refractivity contribution in [1.29, 1.82) is 0 Å². The van der Waals surface area contributed by atoms with E-state index in [-0.39, 0.29) is 35.5 Å². The fourth-order valence-electron chi connectivity index (χ4n) is 3.47. The number of hydrogen-bond acceptors (Lipinski definition) is 5. The molecule has 0 aromatic heterocycles. The molecule has 0 bridgehead atoms. The molecule has 0 radical (unpaired) electrons. The molecule has 0 aliphatic rings. The minimum Gasteiger partial charge on any atom is -0.379 e. The van der Waals surface area contributed by atoms with Crippen molar-refractivity contribution in [1.82, 2.24) is 10.2 Å². The van der Waals surface area contributed by atoms with Crippen LogP contribution in [0.1, 0.15) is 82.1 Å². The monoisotopic (exact) mass is 426 g/mol. The Bertz CT molecular complexity index is 489. The van der Waals surface area contributed by atoms with Crippen LogP contribution in [0.3, 0.4) is 0 Å². The summed E-state index contributed by atoms with van der Waals surface area (Å²) in [5.74, 6) is 1.34. The van der Waals surface area contributed by atoms with E-state index in [2.05, 4.69) is 51.8 Å². The standard InChI is InChI=1S/C25H50N2O3/c1-17(2)13-27(20(7)8)14-24(28)21(9)11-12-22(10)25(29)23(26-19(5)6)16-30-15-18(3)4/h17-23,26H,11-16H2,1-10H3/t21?,22?,23-/m0/s1. The second kappa shape index (κ2) is 15.1. The highest BCUT2D eigenvalue weighted by molar-refractivity contribution is 5.86. The van der Waals surface area contributed by atoms with Crippen LogP contribution in [0, 0.1) is 23.7 Å². The van der Waals surface area contributed by atoms with Gasteiger partial charge in [0, 0.05) is 37.1 Å². The second-order valence-electron chi connectivity index (χ2n) is 10.5. The number of carbonyl (C=O) groups is 2. The Morgan fingerprint density at radius 2 is 1.37 bits per heavy atom. The van der Waals surface area contributed by atoms with Crippen LogP contribution in [-0.2, 0) is 14.3 Å². The maximum Gasteiger partial charge on any atom is 0.154 e. The van der Waals surface area contributed by atoms with Crippen LogP contribution in [0.5, 0.6) is 0 Å². The molecule has 0 saturated heterocycles. The summed E-state index contributed by atoms with van der Waals surface area (Å²) in [5, 5.41) is 3.35. The quantitative estimate of drug-likeness (QED) is 0.369. The summed E-state index contributed by atoms with van der Waals surface area (Å²) in [6, 6.07) is 0.294. The highest BCUT2D eigenvalue weighted by Gasteiger charge is 2.26. The van der Waals surface area contributed by atoms with Gasteiger partial charge < -0.3 is 10.1 Å². The largest absolute Gasteiger partial charge is 0.379 e. The van der Waals surface area contributed by atoms with E-state index in [0.717, 1.165) is 19.4 Å². The number of carbonyl (C=O) groups excluding carboxylic acids is 2. The molecule has 0 aromatic carbocycles. The number of nitrogens with zero attached hydrogens (tertiary/aromatic N) is 1. The van der Waals surface area contributed by atoms with Crippen molar-refractivity contribution < 1.29 is 14.3 Å². The number of rotatable bonds is 17. The normalized spacial score (nSPS) is 15.4. The lowest BCUT2D eigenvalue weighted by atomic mass is 9.90. The fourth-order valence-corrected chi connectivity index (χ4v) is 3.47. The summed E-state index contributed by atoms with van der Waals surface area (Å²) in [4.78, 5) is 28.0. The number of ether oxygens (including phenoxy) is 1. The molecule has 0 saturated carbocycles. The van der Waals surface area contributed by atoms with Crippen molar-refractivity contribution in [3.8, 4) is 0 Å². The maximum atomic E-state index is 13.0. The minimum absolute atomic E-state index is 0.0256. The van der Waals surface area contributed by atoms with Crippen LogP contribution in [0.25, 0.3) is 0 Å². The average Bonchev–Trinajstić information content (AvgIpc) is 2.62. The van der Waals surface area contributed by atoms with E-state index < -0.39 is 0 Å². The smallest absolute Gasteiger partial charge is 0.154 e. The van der Waals surface area contributed by atoms with Gasteiger partial charge in [0.2, 0.25) is 0 Å². The van der Waals surface area contributed by atoms with E-state index in [4.69, 9.17) is 4.74 Å². The van der Waals surface area contributed by atoms with E-state index in [9.17, 15) is 9.59 Å². The predicted molar refractivity (Wildman–Crippen MR) is 127 cm³/mol. The van der Waals surface area contributed by atoms with Crippen molar-refractivity contribution in [2.24, 2.45) is 23.7 Å². The lowest BCUT2D eigenvalue weighted by Gasteiger charge is -2.29. The van der Waals surface area contributed by atoms with Crippen molar-refractivity contribution in [3.63, 3.8) is 0 Å². The Morgan fingerprint density at radius 3 is 1.83 bits per heavy atom. The Kier molecular flexibility index (Phi) is 14.7. The Morgan fingerprint density at radius 1 is 0.800 bits per heavy atom. The molecule has 0 amide bonds. The van der Waals surface area contributed by atoms with Gasteiger partial charge >= 0.3 is 0 Å². The first-order valence-electron chi connectivity index (χ1n) is 12.0. The molecule has 0 rings (SSSR count). The average molecular weight is 427 g/mol. The predicted octanol–water partition coefficient (Wildman–Crippen LogP) is 4.58. The molecule has 0 aromatic rings. The van der Waals surface area contributed by atoms with Gasteiger partial charge in [-0.05, 0) is 38.5 Å². The number of hydrogen-bond donors (Lipinski definition) is 1. The molecule has 0 heterocycles. The van der Waals surface area contributed by atoms with Gasteiger partial charge in [-0.15, -0.1) is 0 Å². The Hall–Kier alpha value is -0.780. The first-order chi connectivity index (χ1) is 13.8. The van der Waals surface area contributed by atoms with Gasteiger partial charge in [-0.3, -0.25) is 14.5 Å². The maximum absolute atomic E-state index is 13.0. The summed E-state index contributed by atoms with van der Waals surface area (Å²) < 4.78 is 5.75. The van der Waals surface area contributed by atoms with Gasteiger partial charge in [-0.2, -0.15) is 0 Å². The zero-order valence-corrected chi connectivity index (χ0v) is 21.5. The molecule has 2 unspecified atom stereocenters.